The van der Waals surface area contributed by atoms with Crippen molar-refractivity contribution in [1.82, 2.24) is 14.9 Å². The molecule has 2 N–H and O–H groups in total. The standard InChI is InChI=1S/C24H23F4N3O4/c1-14(12-32)21(33)22(35-20-6-4-3-5-17(20)24(26,27)28)15-7-8-16(18(25)9-15)10-29-23(34)19-11-31(2)13-30-19/h3-9,11,13-14,22,32H,10,12H2,1-2H3,(H,29,34). The normalized spacial score (nSPS) is 13.2. The lowest BCUT2D eigenvalue weighted by molar-refractivity contribution is -0.141. The van der Waals surface area contributed by atoms with Crippen LogP contribution in [0.25, 0.3) is 0 Å². The van der Waals surface area contributed by atoms with Crippen LogP contribution in [0.4, 0.5) is 17.6 Å². The molecule has 2 aromatic carbocycles. The fraction of sp³-hybridized carbons (Fsp3) is 0.292. The van der Waals surface area contributed by atoms with Gasteiger partial charge in [-0.25, -0.2) is 9.37 Å². The van der Waals surface area contributed by atoms with Gasteiger partial charge in [-0.15, -0.1) is 0 Å². The summed E-state index contributed by atoms with van der Waals surface area (Å²) < 4.78 is 62.1. The number of nitrogens with zero attached hydrogens (tertiary/aromatic N) is 2. The van der Waals surface area contributed by atoms with Gasteiger partial charge in [0.25, 0.3) is 5.91 Å². The van der Waals surface area contributed by atoms with Gasteiger partial charge in [-0.2, -0.15) is 13.2 Å². The monoisotopic (exact) mass is 493 g/mol. The fourth-order valence-corrected chi connectivity index (χ4v) is 3.24. The number of ketones is 1. The van der Waals surface area contributed by atoms with Crippen molar-refractivity contribution in [2.45, 2.75) is 25.7 Å². The van der Waals surface area contributed by atoms with Gasteiger partial charge >= 0.3 is 6.18 Å². The van der Waals surface area contributed by atoms with Crippen LogP contribution in [0, 0.1) is 11.7 Å². The van der Waals surface area contributed by atoms with Crippen LogP contribution >= 0.6 is 0 Å². The van der Waals surface area contributed by atoms with Crippen LogP contribution in [0.5, 0.6) is 5.75 Å². The van der Waals surface area contributed by atoms with E-state index >= 15 is 0 Å². The number of alkyl halides is 3. The predicted molar refractivity (Wildman–Crippen MR) is 117 cm³/mol. The Morgan fingerprint density at radius 1 is 1.20 bits per heavy atom. The van der Waals surface area contributed by atoms with Crippen molar-refractivity contribution >= 4 is 11.7 Å². The average molecular weight is 493 g/mol. The van der Waals surface area contributed by atoms with Gasteiger partial charge in [-0.05, 0) is 18.2 Å². The molecular weight excluding hydrogens is 470 g/mol. The second kappa shape index (κ2) is 10.7. The minimum absolute atomic E-state index is 0.0374. The van der Waals surface area contributed by atoms with Crippen LogP contribution in [-0.2, 0) is 24.6 Å². The van der Waals surface area contributed by atoms with E-state index in [9.17, 15) is 32.3 Å². The van der Waals surface area contributed by atoms with Gasteiger partial charge in [0.05, 0.1) is 18.5 Å². The molecule has 11 heteroatoms. The molecule has 186 valence electrons. The summed E-state index contributed by atoms with van der Waals surface area (Å²) in [7, 11) is 1.69. The first-order valence-electron chi connectivity index (χ1n) is 10.5. The molecule has 35 heavy (non-hydrogen) atoms. The van der Waals surface area contributed by atoms with Crippen LogP contribution < -0.4 is 10.1 Å². The number of amides is 1. The molecule has 1 aromatic heterocycles. The van der Waals surface area contributed by atoms with Crippen molar-refractivity contribution in [2.75, 3.05) is 6.61 Å². The number of aromatic nitrogens is 2. The largest absolute Gasteiger partial charge is 0.477 e. The van der Waals surface area contributed by atoms with Crippen LogP contribution in [0.1, 0.15) is 40.2 Å². The van der Waals surface area contributed by atoms with E-state index in [1.54, 1.807) is 11.6 Å². The maximum atomic E-state index is 14.9. The second-order valence-electron chi connectivity index (χ2n) is 7.94. The van der Waals surface area contributed by atoms with Gasteiger partial charge in [0.1, 0.15) is 17.3 Å². The highest BCUT2D eigenvalue weighted by Crippen LogP contribution is 2.38. The number of aryl methyl sites for hydroxylation is 1. The van der Waals surface area contributed by atoms with Crippen LogP contribution in [-0.4, -0.2) is 33.0 Å². The summed E-state index contributed by atoms with van der Waals surface area (Å²) in [5.41, 5.74) is -0.909. The molecular formula is C24H23F4N3O4. The van der Waals surface area contributed by atoms with E-state index in [1.165, 1.54) is 43.7 Å². The lowest BCUT2D eigenvalue weighted by Gasteiger charge is -2.23. The predicted octanol–water partition coefficient (Wildman–Crippen LogP) is 3.83. The number of rotatable bonds is 9. The van der Waals surface area contributed by atoms with E-state index in [1.807, 2.05) is 0 Å². The van der Waals surface area contributed by atoms with Crippen molar-refractivity contribution in [3.8, 4) is 5.75 Å². The molecule has 0 spiro atoms. The molecule has 1 amide bonds. The number of hydrogen-bond acceptors (Lipinski definition) is 5. The summed E-state index contributed by atoms with van der Waals surface area (Å²) in [5.74, 6) is -3.62. The summed E-state index contributed by atoms with van der Waals surface area (Å²) in [5, 5.41) is 11.9. The number of aliphatic hydroxyl groups is 1. The number of para-hydroxylation sites is 1. The van der Waals surface area contributed by atoms with Gasteiger partial charge in [0.15, 0.2) is 11.9 Å². The molecule has 3 aromatic rings. The van der Waals surface area contributed by atoms with Crippen molar-refractivity contribution in [2.24, 2.45) is 13.0 Å². The van der Waals surface area contributed by atoms with Gasteiger partial charge in [0, 0.05) is 36.8 Å². The van der Waals surface area contributed by atoms with Crippen molar-refractivity contribution in [1.29, 1.82) is 0 Å². The second-order valence-corrected chi connectivity index (χ2v) is 7.94. The van der Waals surface area contributed by atoms with Crippen molar-refractivity contribution in [3.63, 3.8) is 0 Å². The Morgan fingerprint density at radius 2 is 1.91 bits per heavy atom. The number of Topliss-reactive ketones (excluding diaryl/α,β-unsaturated/α-hetero) is 1. The number of halogens is 4. The van der Waals surface area contributed by atoms with E-state index in [-0.39, 0.29) is 23.4 Å². The summed E-state index contributed by atoms with van der Waals surface area (Å²) in [4.78, 5) is 28.9. The minimum atomic E-state index is -4.74. The number of carbonyl (C=O) groups excluding carboxylic acids is 2. The summed E-state index contributed by atoms with van der Waals surface area (Å²) >= 11 is 0. The number of ether oxygens (including phenoxy) is 1. The van der Waals surface area contributed by atoms with Gasteiger partial charge in [-0.1, -0.05) is 31.2 Å². The van der Waals surface area contributed by atoms with Gasteiger partial charge < -0.3 is 19.7 Å². The first-order chi connectivity index (χ1) is 16.5. The maximum absolute atomic E-state index is 14.9. The molecule has 7 nitrogen and oxygen atoms in total. The Balaban J connectivity index is 1.87. The Hall–Kier alpha value is -3.73. The lowest BCUT2D eigenvalue weighted by Crippen LogP contribution is -2.28. The molecule has 0 bridgehead atoms. The molecule has 0 aliphatic heterocycles. The van der Waals surface area contributed by atoms with E-state index in [4.69, 9.17) is 4.74 Å². The summed E-state index contributed by atoms with van der Waals surface area (Å²) in [6, 6.07) is 7.95. The highest BCUT2D eigenvalue weighted by atomic mass is 19.4. The third kappa shape index (κ3) is 6.24. The zero-order chi connectivity index (χ0) is 25.8. The first-order valence-corrected chi connectivity index (χ1v) is 10.5. The van der Waals surface area contributed by atoms with E-state index in [0.717, 1.165) is 18.2 Å². The zero-order valence-corrected chi connectivity index (χ0v) is 18.8. The number of carbonyl (C=O) groups is 2. The summed E-state index contributed by atoms with van der Waals surface area (Å²) in [6.45, 7) is 0.622. The quantitative estimate of drug-likeness (QED) is 0.442. The number of aliphatic hydroxyl groups excluding tert-OH is 1. The highest BCUT2D eigenvalue weighted by Gasteiger charge is 2.36. The number of benzene rings is 2. The topological polar surface area (TPSA) is 93.5 Å². The van der Waals surface area contributed by atoms with Crippen molar-refractivity contribution in [3.05, 3.63) is 83.2 Å². The van der Waals surface area contributed by atoms with E-state index in [2.05, 4.69) is 10.3 Å². The van der Waals surface area contributed by atoms with Crippen molar-refractivity contribution < 1.29 is 37.0 Å². The smallest absolute Gasteiger partial charge is 0.419 e. The third-order valence-electron chi connectivity index (χ3n) is 5.21. The molecule has 0 saturated heterocycles. The highest BCUT2D eigenvalue weighted by molar-refractivity contribution is 5.92. The molecule has 0 aliphatic carbocycles. The van der Waals surface area contributed by atoms with E-state index < -0.39 is 53.6 Å². The Morgan fingerprint density at radius 3 is 2.51 bits per heavy atom. The minimum Gasteiger partial charge on any atom is -0.477 e. The Labute approximate surface area is 198 Å². The molecule has 2 unspecified atom stereocenters. The number of nitrogens with one attached hydrogen (secondary N) is 1. The molecule has 0 aliphatic rings. The number of imidazole rings is 1. The average Bonchev–Trinajstić information content (AvgIpc) is 3.26. The lowest BCUT2D eigenvalue weighted by atomic mass is 9.95. The Kier molecular flexibility index (Phi) is 7.90. The molecule has 0 fully saturated rings. The molecule has 0 radical (unpaired) electrons. The SMILES string of the molecule is CC(CO)C(=O)C(Oc1ccccc1C(F)(F)F)c1ccc(CNC(=O)c2cn(C)cn2)c(F)c1. The fourth-order valence-electron chi connectivity index (χ4n) is 3.24. The zero-order valence-electron chi connectivity index (χ0n) is 18.8. The number of hydrogen-bond donors (Lipinski definition) is 2. The van der Waals surface area contributed by atoms with E-state index in [0.29, 0.717) is 0 Å². The molecule has 2 atom stereocenters. The van der Waals surface area contributed by atoms with Crippen LogP contribution in [0.2, 0.25) is 0 Å². The third-order valence-corrected chi connectivity index (χ3v) is 5.21. The van der Waals surface area contributed by atoms with Gasteiger partial charge in [0.2, 0.25) is 0 Å². The first kappa shape index (κ1) is 25.9. The molecule has 0 saturated carbocycles. The van der Waals surface area contributed by atoms with Crippen LogP contribution in [0.15, 0.2) is 55.0 Å². The van der Waals surface area contributed by atoms with Gasteiger partial charge in [-0.3, -0.25) is 9.59 Å². The molecule has 3 rings (SSSR count). The molecule has 1 heterocycles. The maximum Gasteiger partial charge on any atom is 0.419 e. The van der Waals surface area contributed by atoms with Crippen LogP contribution in [0.3, 0.4) is 0 Å². The summed E-state index contributed by atoms with van der Waals surface area (Å²) in [6.07, 6.45) is -3.42. The Bertz CT molecular complexity index is 1210.